The molecule has 4 heterocycles. The maximum Gasteiger partial charge on any atom is 0.490 e. The third-order valence-electron chi connectivity index (χ3n) is 7.52. The van der Waals surface area contributed by atoms with E-state index in [1.165, 1.54) is 11.3 Å². The molecule has 0 saturated carbocycles. The van der Waals surface area contributed by atoms with Gasteiger partial charge in [0.2, 0.25) is 5.91 Å². The first-order chi connectivity index (χ1) is 16.5. The van der Waals surface area contributed by atoms with Crippen LogP contribution >= 0.6 is 11.3 Å². The predicted molar refractivity (Wildman–Crippen MR) is 123 cm³/mol. The lowest BCUT2D eigenvalue weighted by molar-refractivity contribution is -0.192. The molecule has 4 rings (SSSR count). The Bertz CT molecular complexity index is 903. The van der Waals surface area contributed by atoms with E-state index in [2.05, 4.69) is 11.8 Å². The zero-order valence-corrected chi connectivity index (χ0v) is 20.8. The molecule has 0 aromatic carbocycles. The Labute approximate surface area is 206 Å². The number of carboxylic acid groups (broad SMARTS) is 1. The number of carboxylic acids is 1. The summed E-state index contributed by atoms with van der Waals surface area (Å²) in [5.41, 5.74) is -0.303. The van der Waals surface area contributed by atoms with Gasteiger partial charge in [0.25, 0.3) is 5.91 Å². The number of fused-ring (bicyclic) bond motifs is 1. The molecule has 3 aliphatic heterocycles. The van der Waals surface area contributed by atoms with Gasteiger partial charge in [0, 0.05) is 58.3 Å². The normalized spacial score (nSPS) is 24.2. The Morgan fingerprint density at radius 2 is 1.83 bits per heavy atom. The second kappa shape index (κ2) is 10.8. The summed E-state index contributed by atoms with van der Waals surface area (Å²) in [7, 11) is 1.73. The van der Waals surface area contributed by atoms with Crippen LogP contribution in [-0.4, -0.2) is 103 Å². The Kier molecular flexibility index (Phi) is 8.48. The number of hydrogen-bond donors (Lipinski definition) is 1. The molecule has 2 amide bonds. The number of likely N-dealkylation sites (tertiary alicyclic amines) is 3. The highest BCUT2D eigenvalue weighted by molar-refractivity contribution is 7.12. The number of rotatable bonds is 5. The first kappa shape index (κ1) is 27.4. The second-order valence-electron chi connectivity index (χ2n) is 9.27. The van der Waals surface area contributed by atoms with E-state index in [9.17, 15) is 22.8 Å². The fraction of sp³-hybridized carbons (Fsp3) is 0.696. The number of carbonyl (C=O) groups excluding carboxylic acids is 2. The summed E-state index contributed by atoms with van der Waals surface area (Å²) in [5.74, 6) is -2.28. The zero-order valence-electron chi connectivity index (χ0n) is 20.0. The van der Waals surface area contributed by atoms with Gasteiger partial charge in [-0.2, -0.15) is 13.2 Å². The summed E-state index contributed by atoms with van der Waals surface area (Å²) in [6.07, 6.45) is -2.31. The first-order valence-electron chi connectivity index (χ1n) is 11.6. The topological polar surface area (TPSA) is 90.4 Å². The quantitative estimate of drug-likeness (QED) is 0.644. The molecular weight excluding hydrogens is 487 g/mol. The van der Waals surface area contributed by atoms with Crippen LogP contribution in [0, 0.1) is 10.8 Å². The van der Waals surface area contributed by atoms with Gasteiger partial charge in [-0.3, -0.25) is 14.5 Å². The average molecular weight is 520 g/mol. The highest BCUT2D eigenvalue weighted by Crippen LogP contribution is 2.57. The van der Waals surface area contributed by atoms with Gasteiger partial charge in [-0.15, -0.1) is 11.3 Å². The number of amides is 2. The van der Waals surface area contributed by atoms with Gasteiger partial charge in [-0.05, 0) is 37.6 Å². The lowest BCUT2D eigenvalue weighted by atomic mass is 9.60. The molecule has 0 aliphatic carbocycles. The number of nitrogens with zero attached hydrogens (tertiary/aromatic N) is 3. The molecule has 1 atom stereocenters. The zero-order chi connectivity index (χ0) is 25.9. The van der Waals surface area contributed by atoms with E-state index in [4.69, 9.17) is 14.6 Å². The molecule has 2 spiro atoms. The standard InChI is InChI=1S/C21H31N3O3S.C2HF3O2/c1-3-23-11-8-21(19(23)26)16-22(12-13-27-2)15-20(21)6-9-24(10-7-20)18(25)17-5-4-14-28-17;3-2(4,5)1(6)7/h4-5,14H,3,6-13,15-16H2,1-2H3;(H,6,7). The monoisotopic (exact) mass is 519 g/mol. The van der Waals surface area contributed by atoms with Crippen LogP contribution in [0.4, 0.5) is 13.2 Å². The number of carbonyl (C=O) groups is 3. The number of halogens is 3. The van der Waals surface area contributed by atoms with E-state index < -0.39 is 12.1 Å². The van der Waals surface area contributed by atoms with Crippen molar-refractivity contribution < 1.29 is 37.4 Å². The number of piperidine rings is 1. The van der Waals surface area contributed by atoms with Crippen molar-refractivity contribution >= 4 is 29.1 Å². The molecule has 1 aromatic rings. The minimum Gasteiger partial charge on any atom is -0.475 e. The summed E-state index contributed by atoms with van der Waals surface area (Å²) < 4.78 is 37.0. The minimum atomic E-state index is -5.08. The molecule has 12 heteroatoms. The van der Waals surface area contributed by atoms with Crippen LogP contribution in [0.2, 0.25) is 0 Å². The van der Waals surface area contributed by atoms with Gasteiger partial charge in [-0.1, -0.05) is 6.07 Å². The van der Waals surface area contributed by atoms with E-state index in [1.807, 2.05) is 27.3 Å². The smallest absolute Gasteiger partial charge is 0.475 e. The number of thiophene rings is 1. The Hall–Kier alpha value is -2.18. The number of hydrogen-bond acceptors (Lipinski definition) is 6. The van der Waals surface area contributed by atoms with E-state index in [1.54, 1.807) is 7.11 Å². The molecule has 8 nitrogen and oxygen atoms in total. The van der Waals surface area contributed by atoms with Gasteiger partial charge >= 0.3 is 12.1 Å². The summed E-state index contributed by atoms with van der Waals surface area (Å²) >= 11 is 1.51. The van der Waals surface area contributed by atoms with E-state index >= 15 is 0 Å². The van der Waals surface area contributed by atoms with Crippen molar-refractivity contribution in [1.29, 1.82) is 0 Å². The van der Waals surface area contributed by atoms with Crippen molar-refractivity contribution in [2.45, 2.75) is 32.4 Å². The van der Waals surface area contributed by atoms with E-state index in [-0.39, 0.29) is 16.7 Å². The van der Waals surface area contributed by atoms with Crippen LogP contribution < -0.4 is 0 Å². The van der Waals surface area contributed by atoms with Gasteiger partial charge in [-0.25, -0.2) is 4.79 Å². The highest BCUT2D eigenvalue weighted by Gasteiger charge is 2.64. The maximum atomic E-state index is 13.4. The lowest BCUT2D eigenvalue weighted by Crippen LogP contribution is -2.53. The average Bonchev–Trinajstić information content (AvgIpc) is 3.53. The fourth-order valence-electron chi connectivity index (χ4n) is 5.67. The van der Waals surface area contributed by atoms with Gasteiger partial charge in [0.1, 0.15) is 0 Å². The predicted octanol–water partition coefficient (Wildman–Crippen LogP) is 2.80. The van der Waals surface area contributed by atoms with Gasteiger partial charge in [0.05, 0.1) is 16.9 Å². The van der Waals surface area contributed by atoms with E-state index in [0.717, 1.165) is 70.0 Å². The summed E-state index contributed by atoms with van der Waals surface area (Å²) in [5, 5.41) is 9.08. The van der Waals surface area contributed by atoms with Crippen molar-refractivity contribution in [1.82, 2.24) is 14.7 Å². The number of alkyl halides is 3. The number of methoxy groups -OCH3 is 1. The van der Waals surface area contributed by atoms with Crippen molar-refractivity contribution in [2.75, 3.05) is 59.5 Å². The molecule has 3 saturated heterocycles. The van der Waals surface area contributed by atoms with Crippen molar-refractivity contribution in [2.24, 2.45) is 10.8 Å². The van der Waals surface area contributed by atoms with E-state index in [0.29, 0.717) is 12.5 Å². The Morgan fingerprint density at radius 1 is 1.17 bits per heavy atom. The fourth-order valence-corrected chi connectivity index (χ4v) is 6.36. The molecule has 3 aliphatic rings. The van der Waals surface area contributed by atoms with Crippen molar-refractivity contribution in [3.63, 3.8) is 0 Å². The van der Waals surface area contributed by atoms with Gasteiger partial charge in [0.15, 0.2) is 0 Å². The molecule has 196 valence electrons. The molecule has 1 unspecified atom stereocenters. The summed E-state index contributed by atoms with van der Waals surface area (Å²) in [4.78, 5) is 42.4. The number of ether oxygens (including phenoxy) is 1. The molecule has 0 bridgehead atoms. The van der Waals surface area contributed by atoms with Crippen LogP contribution in [0.5, 0.6) is 0 Å². The largest absolute Gasteiger partial charge is 0.490 e. The van der Waals surface area contributed by atoms with Crippen LogP contribution in [-0.2, 0) is 14.3 Å². The van der Waals surface area contributed by atoms with Crippen LogP contribution in [0.25, 0.3) is 0 Å². The van der Waals surface area contributed by atoms with Crippen LogP contribution in [0.15, 0.2) is 17.5 Å². The summed E-state index contributed by atoms with van der Waals surface area (Å²) in [6, 6.07) is 3.83. The molecule has 35 heavy (non-hydrogen) atoms. The Balaban J connectivity index is 0.000000429. The van der Waals surface area contributed by atoms with Crippen molar-refractivity contribution in [3.05, 3.63) is 22.4 Å². The second-order valence-corrected chi connectivity index (χ2v) is 10.2. The Morgan fingerprint density at radius 3 is 2.31 bits per heavy atom. The SMILES string of the molecule is CCN1CCC2(CN(CCOC)CC23CCN(C(=O)c2cccs2)CC3)C1=O.O=C(O)C(F)(F)F. The first-order valence-corrected chi connectivity index (χ1v) is 12.5. The molecular formula is C23H32F3N3O5S. The maximum absolute atomic E-state index is 13.4. The highest BCUT2D eigenvalue weighted by atomic mass is 32.1. The van der Waals surface area contributed by atoms with Gasteiger partial charge < -0.3 is 19.6 Å². The molecule has 0 radical (unpaired) electrons. The van der Waals surface area contributed by atoms with Crippen molar-refractivity contribution in [3.8, 4) is 0 Å². The third kappa shape index (κ3) is 5.49. The lowest BCUT2D eigenvalue weighted by Gasteiger charge is -2.47. The number of aliphatic carboxylic acids is 1. The summed E-state index contributed by atoms with van der Waals surface area (Å²) in [6.45, 7) is 8.57. The molecule has 3 fully saturated rings. The van der Waals surface area contributed by atoms with Crippen LogP contribution in [0.1, 0.15) is 35.9 Å². The minimum absolute atomic E-state index is 0.0199. The van der Waals surface area contributed by atoms with Crippen LogP contribution in [0.3, 0.4) is 0 Å². The third-order valence-corrected chi connectivity index (χ3v) is 8.37. The molecule has 1 aromatic heterocycles. The molecule has 1 N–H and O–H groups in total.